The van der Waals surface area contributed by atoms with Crippen molar-refractivity contribution >= 4 is 23.6 Å². The summed E-state index contributed by atoms with van der Waals surface area (Å²) in [4.78, 5) is 24.8. The molecule has 2 aromatic carbocycles. The fraction of sp³-hybridized carbons (Fsp3) is 0.222. The SMILES string of the molecule is CSc1ccc(C(=O)NCC(Cc2ccc(F)cc2)C(N)=O)cc1. The van der Waals surface area contributed by atoms with Gasteiger partial charge in [-0.15, -0.1) is 11.8 Å². The minimum atomic E-state index is -0.551. The van der Waals surface area contributed by atoms with Crippen LogP contribution in [0.4, 0.5) is 4.39 Å². The van der Waals surface area contributed by atoms with Crippen LogP contribution >= 0.6 is 11.8 Å². The number of rotatable bonds is 7. The highest BCUT2D eigenvalue weighted by Crippen LogP contribution is 2.15. The topological polar surface area (TPSA) is 72.2 Å². The molecule has 0 spiro atoms. The van der Waals surface area contributed by atoms with E-state index >= 15 is 0 Å². The number of hydrogen-bond acceptors (Lipinski definition) is 3. The van der Waals surface area contributed by atoms with Crippen molar-refractivity contribution in [3.05, 3.63) is 65.5 Å². The van der Waals surface area contributed by atoms with Crippen molar-refractivity contribution in [2.24, 2.45) is 11.7 Å². The number of primary amides is 1. The van der Waals surface area contributed by atoms with E-state index < -0.39 is 11.8 Å². The normalized spacial score (nSPS) is 11.8. The molecule has 4 nitrogen and oxygen atoms in total. The molecule has 1 atom stereocenters. The van der Waals surface area contributed by atoms with E-state index in [-0.39, 0.29) is 18.3 Å². The fourth-order valence-electron chi connectivity index (χ4n) is 2.24. The average Bonchev–Trinajstić information content (AvgIpc) is 2.59. The maximum absolute atomic E-state index is 12.9. The van der Waals surface area contributed by atoms with Gasteiger partial charge in [-0.05, 0) is 54.6 Å². The summed E-state index contributed by atoms with van der Waals surface area (Å²) in [7, 11) is 0. The smallest absolute Gasteiger partial charge is 0.251 e. The molecule has 0 saturated carbocycles. The maximum Gasteiger partial charge on any atom is 0.251 e. The van der Waals surface area contributed by atoms with E-state index in [1.807, 2.05) is 18.4 Å². The Morgan fingerprint density at radius 2 is 1.75 bits per heavy atom. The minimum Gasteiger partial charge on any atom is -0.369 e. The first kappa shape index (κ1) is 18.0. The monoisotopic (exact) mass is 346 g/mol. The summed E-state index contributed by atoms with van der Waals surface area (Å²) >= 11 is 1.59. The third kappa shape index (κ3) is 5.09. The number of nitrogens with one attached hydrogen (secondary N) is 1. The van der Waals surface area contributed by atoms with Crippen LogP contribution in [0.25, 0.3) is 0 Å². The predicted octanol–water partition coefficient (Wildman–Crippen LogP) is 2.62. The van der Waals surface area contributed by atoms with Crippen LogP contribution in [-0.2, 0) is 11.2 Å². The molecule has 0 radical (unpaired) electrons. The van der Waals surface area contributed by atoms with E-state index in [9.17, 15) is 14.0 Å². The second-order valence-electron chi connectivity index (χ2n) is 5.37. The Balaban J connectivity index is 1.96. The summed E-state index contributed by atoms with van der Waals surface area (Å²) in [6.45, 7) is 0.135. The van der Waals surface area contributed by atoms with E-state index in [1.54, 1.807) is 36.0 Å². The van der Waals surface area contributed by atoms with Crippen LogP contribution in [0.5, 0.6) is 0 Å². The number of thioether (sulfide) groups is 1. The second kappa shape index (κ2) is 8.49. The van der Waals surface area contributed by atoms with Crippen molar-refractivity contribution in [3.8, 4) is 0 Å². The van der Waals surface area contributed by atoms with Gasteiger partial charge in [0.15, 0.2) is 0 Å². The van der Waals surface area contributed by atoms with Gasteiger partial charge in [0.2, 0.25) is 5.91 Å². The molecule has 0 aliphatic carbocycles. The summed E-state index contributed by atoms with van der Waals surface area (Å²) in [6.07, 6.45) is 2.31. The molecule has 2 aromatic rings. The molecular weight excluding hydrogens is 327 g/mol. The molecule has 0 saturated heterocycles. The lowest BCUT2D eigenvalue weighted by atomic mass is 9.98. The molecule has 0 heterocycles. The van der Waals surface area contributed by atoms with Crippen LogP contribution in [0.2, 0.25) is 0 Å². The summed E-state index contributed by atoms with van der Waals surface area (Å²) < 4.78 is 12.9. The van der Waals surface area contributed by atoms with E-state index in [0.29, 0.717) is 12.0 Å². The standard InChI is InChI=1S/C18H19FN2O2S/c1-24-16-8-4-13(5-9-16)18(23)21-11-14(17(20)22)10-12-2-6-15(19)7-3-12/h2-9,14H,10-11H2,1H3,(H2,20,22)(H,21,23). The molecule has 6 heteroatoms. The number of carbonyl (C=O) groups excluding carboxylic acids is 2. The number of hydrogen-bond donors (Lipinski definition) is 2. The number of benzene rings is 2. The fourth-order valence-corrected chi connectivity index (χ4v) is 2.65. The van der Waals surface area contributed by atoms with Gasteiger partial charge in [0.25, 0.3) is 5.91 Å². The lowest BCUT2D eigenvalue weighted by Crippen LogP contribution is -2.37. The first-order valence-corrected chi connectivity index (χ1v) is 8.68. The molecule has 0 aromatic heterocycles. The van der Waals surface area contributed by atoms with Gasteiger partial charge in [-0.1, -0.05) is 12.1 Å². The van der Waals surface area contributed by atoms with Gasteiger partial charge in [-0.3, -0.25) is 9.59 Å². The number of amides is 2. The van der Waals surface area contributed by atoms with Crippen LogP contribution in [0, 0.1) is 11.7 Å². The molecule has 126 valence electrons. The molecular formula is C18H19FN2O2S. The second-order valence-corrected chi connectivity index (χ2v) is 6.25. The number of carbonyl (C=O) groups is 2. The molecule has 3 N–H and O–H groups in total. The lowest BCUT2D eigenvalue weighted by molar-refractivity contribution is -0.121. The number of halogens is 1. The van der Waals surface area contributed by atoms with Crippen molar-refractivity contribution < 1.29 is 14.0 Å². The molecule has 0 fully saturated rings. The Morgan fingerprint density at radius 1 is 1.12 bits per heavy atom. The Bertz CT molecular complexity index is 702. The highest BCUT2D eigenvalue weighted by Gasteiger charge is 2.17. The molecule has 1 unspecified atom stereocenters. The van der Waals surface area contributed by atoms with E-state index in [4.69, 9.17) is 5.73 Å². The van der Waals surface area contributed by atoms with Crippen molar-refractivity contribution in [1.82, 2.24) is 5.32 Å². The van der Waals surface area contributed by atoms with E-state index in [2.05, 4.69) is 5.32 Å². The number of nitrogens with two attached hydrogens (primary N) is 1. The Morgan fingerprint density at radius 3 is 2.29 bits per heavy atom. The predicted molar refractivity (Wildman–Crippen MR) is 93.3 cm³/mol. The zero-order valence-electron chi connectivity index (χ0n) is 13.3. The Hall–Kier alpha value is -2.34. The van der Waals surface area contributed by atoms with Crippen LogP contribution in [0.3, 0.4) is 0 Å². The third-order valence-corrected chi connectivity index (χ3v) is 4.40. The van der Waals surface area contributed by atoms with Gasteiger partial charge >= 0.3 is 0 Å². The van der Waals surface area contributed by atoms with Crippen LogP contribution < -0.4 is 11.1 Å². The first-order valence-electron chi connectivity index (χ1n) is 7.45. The van der Waals surface area contributed by atoms with Crippen molar-refractivity contribution in [2.45, 2.75) is 11.3 Å². The summed E-state index contributed by atoms with van der Waals surface area (Å²) in [5, 5.41) is 2.73. The summed E-state index contributed by atoms with van der Waals surface area (Å²) in [5.74, 6) is -1.65. The molecule has 0 aliphatic rings. The van der Waals surface area contributed by atoms with E-state index in [1.165, 1.54) is 12.1 Å². The average molecular weight is 346 g/mol. The molecule has 0 bridgehead atoms. The first-order chi connectivity index (χ1) is 11.5. The van der Waals surface area contributed by atoms with Crippen molar-refractivity contribution in [3.63, 3.8) is 0 Å². The van der Waals surface area contributed by atoms with Crippen molar-refractivity contribution in [2.75, 3.05) is 12.8 Å². The molecule has 2 rings (SSSR count). The molecule has 2 amide bonds. The van der Waals surface area contributed by atoms with Crippen LogP contribution in [0.1, 0.15) is 15.9 Å². The highest BCUT2D eigenvalue weighted by atomic mass is 32.2. The van der Waals surface area contributed by atoms with Crippen molar-refractivity contribution in [1.29, 1.82) is 0 Å². The highest BCUT2D eigenvalue weighted by molar-refractivity contribution is 7.98. The van der Waals surface area contributed by atoms with Crippen LogP contribution in [0.15, 0.2) is 53.4 Å². The Labute approximate surface area is 144 Å². The van der Waals surface area contributed by atoms with Gasteiger partial charge in [-0.2, -0.15) is 0 Å². The molecule has 0 aliphatic heterocycles. The van der Waals surface area contributed by atoms with Gasteiger partial charge in [-0.25, -0.2) is 4.39 Å². The maximum atomic E-state index is 12.9. The lowest BCUT2D eigenvalue weighted by Gasteiger charge is -2.14. The summed E-state index contributed by atoms with van der Waals surface area (Å²) in [5.41, 5.74) is 6.73. The zero-order valence-corrected chi connectivity index (χ0v) is 14.1. The van der Waals surface area contributed by atoms with Gasteiger partial charge < -0.3 is 11.1 Å². The summed E-state index contributed by atoms with van der Waals surface area (Å²) in [6, 6.07) is 13.1. The quantitative estimate of drug-likeness (QED) is 0.757. The van der Waals surface area contributed by atoms with Crippen LogP contribution in [-0.4, -0.2) is 24.6 Å². The Kier molecular flexibility index (Phi) is 6.37. The zero-order chi connectivity index (χ0) is 17.5. The van der Waals surface area contributed by atoms with E-state index in [0.717, 1.165) is 10.5 Å². The third-order valence-electron chi connectivity index (χ3n) is 3.66. The van der Waals surface area contributed by atoms with Gasteiger partial charge in [0.05, 0.1) is 5.92 Å². The minimum absolute atomic E-state index is 0.135. The molecule has 24 heavy (non-hydrogen) atoms. The largest absolute Gasteiger partial charge is 0.369 e. The van der Waals surface area contributed by atoms with Gasteiger partial charge in [0, 0.05) is 17.0 Å². The van der Waals surface area contributed by atoms with Gasteiger partial charge in [0.1, 0.15) is 5.82 Å².